The quantitative estimate of drug-likeness (QED) is 0.352. The van der Waals surface area contributed by atoms with Crippen molar-refractivity contribution in [2.75, 3.05) is 49.6 Å². The molecule has 37 heavy (non-hydrogen) atoms. The van der Waals surface area contributed by atoms with Crippen LogP contribution in [-0.4, -0.2) is 68.5 Å². The molecule has 4 rings (SSSR count). The van der Waals surface area contributed by atoms with Crippen molar-refractivity contribution in [3.8, 4) is 0 Å². The first-order valence-corrected chi connectivity index (χ1v) is 13.5. The lowest BCUT2D eigenvalue weighted by Gasteiger charge is -2.27. The molecule has 0 aliphatic carbocycles. The summed E-state index contributed by atoms with van der Waals surface area (Å²) in [4.78, 5) is 27.6. The third-order valence-electron chi connectivity index (χ3n) is 7.15. The lowest BCUT2D eigenvalue weighted by molar-refractivity contribution is -0.117. The van der Waals surface area contributed by atoms with E-state index in [0.717, 1.165) is 56.0 Å². The van der Waals surface area contributed by atoms with Crippen LogP contribution < -0.4 is 20.9 Å². The van der Waals surface area contributed by atoms with E-state index in [1.54, 1.807) is 17.0 Å². The van der Waals surface area contributed by atoms with Crippen molar-refractivity contribution < 1.29 is 19.4 Å². The largest absolute Gasteiger partial charge is 0.390 e. The Kier molecular flexibility index (Phi) is 9.93. The molecule has 0 saturated carbocycles. The molecule has 0 aromatic heterocycles. The van der Waals surface area contributed by atoms with Crippen LogP contribution in [0.4, 0.5) is 11.4 Å². The summed E-state index contributed by atoms with van der Waals surface area (Å²) >= 11 is 0. The number of aliphatic hydroxyl groups is 1. The molecule has 8 nitrogen and oxygen atoms in total. The van der Waals surface area contributed by atoms with Crippen molar-refractivity contribution >= 4 is 23.2 Å². The van der Waals surface area contributed by atoms with Gasteiger partial charge in [0.25, 0.3) is 5.91 Å². The van der Waals surface area contributed by atoms with E-state index in [-0.39, 0.29) is 11.8 Å². The molecule has 8 heteroatoms. The predicted molar refractivity (Wildman–Crippen MR) is 146 cm³/mol. The molecule has 4 N–H and O–H groups in total. The fourth-order valence-electron chi connectivity index (χ4n) is 5.06. The van der Waals surface area contributed by atoms with Crippen LogP contribution in [0.25, 0.3) is 0 Å². The first kappa shape index (κ1) is 27.1. The molecule has 2 heterocycles. The second kappa shape index (κ2) is 13.6. The number of hydrogen-bond acceptors (Lipinski definition) is 6. The highest BCUT2D eigenvalue weighted by Gasteiger charge is 2.26. The van der Waals surface area contributed by atoms with Gasteiger partial charge in [-0.15, -0.1) is 0 Å². The summed E-state index contributed by atoms with van der Waals surface area (Å²) in [5.74, 6) is 0.355. The molecule has 0 spiro atoms. The lowest BCUT2D eigenvalue weighted by atomic mass is 9.98. The first-order chi connectivity index (χ1) is 18.0. The number of amides is 2. The van der Waals surface area contributed by atoms with Gasteiger partial charge in [-0.1, -0.05) is 30.3 Å². The van der Waals surface area contributed by atoms with Gasteiger partial charge in [0.1, 0.15) is 0 Å². The highest BCUT2D eigenvalue weighted by Crippen LogP contribution is 2.27. The zero-order chi connectivity index (χ0) is 26.0. The van der Waals surface area contributed by atoms with Crippen LogP contribution >= 0.6 is 0 Å². The number of nitrogens with zero attached hydrogens (tertiary/aromatic N) is 1. The van der Waals surface area contributed by atoms with E-state index in [0.29, 0.717) is 44.0 Å². The number of nitrogens with one attached hydrogen (secondary N) is 3. The molecule has 2 aliphatic rings. The molecule has 0 unspecified atom stereocenters. The maximum absolute atomic E-state index is 13.5. The molecule has 2 aliphatic heterocycles. The minimum absolute atomic E-state index is 0.0768. The van der Waals surface area contributed by atoms with Gasteiger partial charge in [0, 0.05) is 56.2 Å². The Labute approximate surface area is 219 Å². The topological polar surface area (TPSA) is 103 Å². The van der Waals surface area contributed by atoms with E-state index in [1.807, 2.05) is 43.3 Å². The Morgan fingerprint density at radius 3 is 2.65 bits per heavy atom. The van der Waals surface area contributed by atoms with E-state index >= 15 is 0 Å². The number of hydrogen-bond donors (Lipinski definition) is 4. The number of aliphatic hydroxyl groups excluding tert-OH is 1. The first-order valence-electron chi connectivity index (χ1n) is 13.5. The number of benzene rings is 2. The third kappa shape index (κ3) is 7.77. The van der Waals surface area contributed by atoms with E-state index in [2.05, 4.69) is 16.0 Å². The summed E-state index contributed by atoms with van der Waals surface area (Å²) < 4.78 is 5.44. The number of carbonyl (C=O) groups excluding carboxylic acids is 2. The standard InChI is InChI=1S/C29H40N4O4/c1-2-31-24-16-23(17-25(18-24)33-12-6-9-28(33)35)29(36)32-26(15-21-7-4-3-5-8-21)27(34)20-30-19-22-10-13-37-14-11-22/h3-5,7-8,16-18,22,26-27,30-31,34H,2,6,9-15,19-20H2,1H3,(H,32,36)/t26-,27+/m0/s1. The van der Waals surface area contributed by atoms with Crippen molar-refractivity contribution in [3.05, 3.63) is 59.7 Å². The van der Waals surface area contributed by atoms with Gasteiger partial charge in [0.15, 0.2) is 0 Å². The lowest BCUT2D eigenvalue weighted by Crippen LogP contribution is -2.49. The second-order valence-corrected chi connectivity index (χ2v) is 10.00. The Balaban J connectivity index is 1.47. The van der Waals surface area contributed by atoms with Crippen molar-refractivity contribution in [2.24, 2.45) is 5.92 Å². The van der Waals surface area contributed by atoms with Gasteiger partial charge in [0.2, 0.25) is 5.91 Å². The number of anilines is 2. The minimum atomic E-state index is -0.763. The Hall–Kier alpha value is -2.94. The molecule has 2 aromatic carbocycles. The zero-order valence-electron chi connectivity index (χ0n) is 21.7. The van der Waals surface area contributed by atoms with Gasteiger partial charge >= 0.3 is 0 Å². The van der Waals surface area contributed by atoms with Crippen LogP contribution in [0.5, 0.6) is 0 Å². The maximum Gasteiger partial charge on any atom is 0.251 e. The summed E-state index contributed by atoms with van der Waals surface area (Å²) in [7, 11) is 0. The molecule has 200 valence electrons. The highest BCUT2D eigenvalue weighted by atomic mass is 16.5. The van der Waals surface area contributed by atoms with Gasteiger partial charge in [-0.2, -0.15) is 0 Å². The molecule has 0 radical (unpaired) electrons. The molecule has 2 fully saturated rings. The average molecular weight is 509 g/mol. The van der Waals surface area contributed by atoms with Gasteiger partial charge in [0.05, 0.1) is 12.1 Å². The number of ether oxygens (including phenoxy) is 1. The summed E-state index contributed by atoms with van der Waals surface area (Å²) in [6, 6.07) is 14.9. The van der Waals surface area contributed by atoms with Crippen LogP contribution in [0.15, 0.2) is 48.5 Å². The van der Waals surface area contributed by atoms with Crippen molar-refractivity contribution in [3.63, 3.8) is 0 Å². The van der Waals surface area contributed by atoms with Crippen LogP contribution in [0.2, 0.25) is 0 Å². The van der Waals surface area contributed by atoms with Crippen LogP contribution in [0.3, 0.4) is 0 Å². The van der Waals surface area contributed by atoms with E-state index < -0.39 is 12.1 Å². The van der Waals surface area contributed by atoms with E-state index in [9.17, 15) is 14.7 Å². The molecule has 2 amide bonds. The zero-order valence-corrected chi connectivity index (χ0v) is 21.7. The average Bonchev–Trinajstić information content (AvgIpc) is 3.35. The number of rotatable bonds is 12. The van der Waals surface area contributed by atoms with Crippen LogP contribution in [0.1, 0.15) is 48.5 Å². The van der Waals surface area contributed by atoms with Crippen LogP contribution in [-0.2, 0) is 16.0 Å². The molecular weight excluding hydrogens is 468 g/mol. The monoisotopic (exact) mass is 508 g/mol. The van der Waals surface area contributed by atoms with E-state index in [1.165, 1.54) is 0 Å². The molecule has 2 saturated heterocycles. The molecular formula is C29H40N4O4. The van der Waals surface area contributed by atoms with Gasteiger partial charge in [-0.3, -0.25) is 9.59 Å². The summed E-state index contributed by atoms with van der Waals surface area (Å²) in [6.07, 6.45) is 3.14. The van der Waals surface area contributed by atoms with Gasteiger partial charge in [-0.25, -0.2) is 0 Å². The summed E-state index contributed by atoms with van der Waals surface area (Å²) in [5.41, 5.74) is 3.03. The summed E-state index contributed by atoms with van der Waals surface area (Å²) in [6.45, 7) is 6.14. The van der Waals surface area contributed by atoms with Gasteiger partial charge < -0.3 is 30.7 Å². The Morgan fingerprint density at radius 2 is 1.95 bits per heavy atom. The maximum atomic E-state index is 13.5. The fourth-order valence-corrected chi connectivity index (χ4v) is 5.06. The van der Waals surface area contributed by atoms with Gasteiger partial charge in [-0.05, 0) is 68.8 Å². The van der Waals surface area contributed by atoms with Crippen molar-refractivity contribution in [1.29, 1.82) is 0 Å². The summed E-state index contributed by atoms with van der Waals surface area (Å²) in [5, 5.41) is 20.9. The Bertz CT molecular complexity index is 1030. The predicted octanol–water partition coefficient (Wildman–Crippen LogP) is 2.96. The highest BCUT2D eigenvalue weighted by molar-refractivity contribution is 6.00. The number of carbonyl (C=O) groups is 2. The SMILES string of the molecule is CCNc1cc(C(=O)N[C@@H](Cc2ccccc2)[C@H](O)CNCC2CCOCC2)cc(N2CCCC2=O)c1. The second-order valence-electron chi connectivity index (χ2n) is 10.00. The van der Waals surface area contributed by atoms with Crippen molar-refractivity contribution in [1.82, 2.24) is 10.6 Å². The van der Waals surface area contributed by atoms with E-state index in [4.69, 9.17) is 4.74 Å². The molecule has 2 aromatic rings. The normalized spacial score (nSPS) is 18.0. The minimum Gasteiger partial charge on any atom is -0.390 e. The Morgan fingerprint density at radius 1 is 1.16 bits per heavy atom. The van der Waals surface area contributed by atoms with Crippen molar-refractivity contribution in [2.45, 2.75) is 51.2 Å². The molecule has 0 bridgehead atoms. The third-order valence-corrected chi connectivity index (χ3v) is 7.15. The smallest absolute Gasteiger partial charge is 0.251 e. The van der Waals surface area contributed by atoms with Crippen LogP contribution in [0, 0.1) is 5.92 Å². The fraction of sp³-hybridized carbons (Fsp3) is 0.517. The molecule has 2 atom stereocenters.